The molecule has 0 unspecified atom stereocenters. The average molecular weight is 333 g/mol. The number of hydrogen-bond acceptors (Lipinski definition) is 4. The first-order valence-electron chi connectivity index (χ1n) is 7.78. The van der Waals surface area contributed by atoms with Crippen LogP contribution in [0, 0.1) is 17.2 Å². The molecule has 7 heteroatoms. The van der Waals surface area contributed by atoms with Gasteiger partial charge in [-0.15, -0.1) is 0 Å². The Hall–Kier alpha value is -1.91. The number of fused-ring (bicyclic) bond motifs is 1. The lowest BCUT2D eigenvalue weighted by atomic mass is 9.85. The maximum Gasteiger partial charge on any atom is 0.244 e. The standard InChI is InChI=1S/C16H19N3O3S/c17-10-11-4-3-6-13(8-11)23(21,22)19-14-7-2-1-5-12(14)9-15(19)16(18)20/h3-4,6,8,12,14-15H,1-2,5,7,9H2,(H2,18,20)/t12-,14-,15+/m1/s1. The van der Waals surface area contributed by atoms with E-state index in [4.69, 9.17) is 11.0 Å². The number of nitrogens with two attached hydrogens (primary N) is 1. The first-order valence-corrected chi connectivity index (χ1v) is 9.22. The van der Waals surface area contributed by atoms with Crippen LogP contribution in [0.1, 0.15) is 37.7 Å². The fourth-order valence-corrected chi connectivity index (χ4v) is 5.78. The maximum atomic E-state index is 13.1. The zero-order chi connectivity index (χ0) is 16.6. The average Bonchev–Trinajstić information content (AvgIpc) is 2.95. The van der Waals surface area contributed by atoms with E-state index in [1.165, 1.54) is 16.4 Å². The van der Waals surface area contributed by atoms with Crippen LogP contribution in [-0.2, 0) is 14.8 Å². The van der Waals surface area contributed by atoms with Crippen molar-refractivity contribution in [1.82, 2.24) is 4.31 Å². The number of nitrogens with zero attached hydrogens (tertiary/aromatic N) is 2. The molecular formula is C16H19N3O3S. The predicted molar refractivity (Wildman–Crippen MR) is 83.5 cm³/mol. The van der Waals surface area contributed by atoms with Crippen molar-refractivity contribution in [2.75, 3.05) is 0 Å². The van der Waals surface area contributed by atoms with E-state index in [0.29, 0.717) is 6.42 Å². The molecule has 0 radical (unpaired) electrons. The highest BCUT2D eigenvalue weighted by atomic mass is 32.2. The molecule has 2 aliphatic rings. The molecule has 1 heterocycles. The molecule has 2 N–H and O–H groups in total. The highest BCUT2D eigenvalue weighted by Gasteiger charge is 2.50. The summed E-state index contributed by atoms with van der Waals surface area (Å²) in [7, 11) is -3.85. The fourth-order valence-electron chi connectivity index (χ4n) is 3.85. The first kappa shape index (κ1) is 16.0. The van der Waals surface area contributed by atoms with Gasteiger partial charge in [-0.3, -0.25) is 4.79 Å². The van der Waals surface area contributed by atoms with Crippen molar-refractivity contribution in [1.29, 1.82) is 5.26 Å². The molecule has 1 aromatic rings. The molecule has 3 rings (SSSR count). The van der Waals surface area contributed by atoms with Crippen molar-refractivity contribution in [2.24, 2.45) is 11.7 Å². The molecule has 1 saturated carbocycles. The molecule has 1 aromatic carbocycles. The fraction of sp³-hybridized carbons (Fsp3) is 0.500. The number of primary amides is 1. The van der Waals surface area contributed by atoms with Crippen molar-refractivity contribution < 1.29 is 13.2 Å². The zero-order valence-electron chi connectivity index (χ0n) is 12.7. The number of carbonyl (C=O) groups is 1. The second-order valence-electron chi connectivity index (χ2n) is 6.24. The number of sulfonamides is 1. The Morgan fingerprint density at radius 3 is 2.74 bits per heavy atom. The minimum Gasteiger partial charge on any atom is -0.368 e. The lowest BCUT2D eigenvalue weighted by molar-refractivity contribution is -0.121. The summed E-state index contributed by atoms with van der Waals surface area (Å²) < 4.78 is 27.5. The molecule has 1 aliphatic carbocycles. The number of rotatable bonds is 3. The van der Waals surface area contributed by atoms with E-state index >= 15 is 0 Å². The summed E-state index contributed by atoms with van der Waals surface area (Å²) in [5.74, 6) is -0.408. The van der Waals surface area contributed by atoms with Gasteiger partial charge < -0.3 is 5.73 Å². The summed E-state index contributed by atoms with van der Waals surface area (Å²) in [6.07, 6.45) is 4.20. The van der Waals surface area contributed by atoms with E-state index in [1.54, 1.807) is 12.1 Å². The van der Waals surface area contributed by atoms with Gasteiger partial charge in [0.25, 0.3) is 0 Å². The monoisotopic (exact) mass is 333 g/mol. The molecule has 1 amide bonds. The Labute approximate surface area is 135 Å². The van der Waals surface area contributed by atoms with Crippen molar-refractivity contribution >= 4 is 15.9 Å². The van der Waals surface area contributed by atoms with Crippen molar-refractivity contribution in [3.63, 3.8) is 0 Å². The van der Waals surface area contributed by atoms with Crippen molar-refractivity contribution in [3.8, 4) is 6.07 Å². The molecule has 122 valence electrons. The summed E-state index contributed by atoms with van der Waals surface area (Å²) >= 11 is 0. The quantitative estimate of drug-likeness (QED) is 0.901. The molecule has 0 bridgehead atoms. The Morgan fingerprint density at radius 1 is 1.30 bits per heavy atom. The third kappa shape index (κ3) is 2.73. The minimum absolute atomic E-state index is 0.0500. The van der Waals surface area contributed by atoms with E-state index in [1.807, 2.05) is 6.07 Å². The topological polar surface area (TPSA) is 104 Å². The van der Waals surface area contributed by atoms with Gasteiger partial charge in [0.2, 0.25) is 15.9 Å². The molecular weight excluding hydrogens is 314 g/mol. The molecule has 0 aromatic heterocycles. The third-order valence-corrected chi connectivity index (χ3v) is 6.83. The summed E-state index contributed by atoms with van der Waals surface area (Å²) in [4.78, 5) is 11.9. The highest BCUT2D eigenvalue weighted by Crippen LogP contribution is 2.42. The molecule has 2 fully saturated rings. The number of nitriles is 1. The Balaban J connectivity index is 2.05. The van der Waals surface area contributed by atoms with Gasteiger partial charge in [0.05, 0.1) is 16.5 Å². The molecule has 23 heavy (non-hydrogen) atoms. The minimum atomic E-state index is -3.85. The Kier molecular flexibility index (Phi) is 4.13. The van der Waals surface area contributed by atoms with Gasteiger partial charge in [0, 0.05) is 6.04 Å². The molecule has 3 atom stereocenters. The third-order valence-electron chi connectivity index (χ3n) is 4.90. The van der Waals surface area contributed by atoms with Gasteiger partial charge in [-0.25, -0.2) is 8.42 Å². The predicted octanol–water partition coefficient (Wildman–Crippen LogP) is 1.37. The van der Waals surface area contributed by atoms with Crippen LogP contribution in [0.15, 0.2) is 29.2 Å². The lowest BCUT2D eigenvalue weighted by Gasteiger charge is -2.32. The van der Waals surface area contributed by atoms with Gasteiger partial charge in [0.15, 0.2) is 0 Å². The van der Waals surface area contributed by atoms with E-state index in [0.717, 1.165) is 25.7 Å². The van der Waals surface area contributed by atoms with Crippen LogP contribution in [0.3, 0.4) is 0 Å². The summed E-state index contributed by atoms with van der Waals surface area (Å²) in [6, 6.07) is 6.89. The SMILES string of the molecule is N#Cc1cccc(S(=O)(=O)N2[C@@H]3CCCC[C@@H]3C[C@H]2C(N)=O)c1. The smallest absolute Gasteiger partial charge is 0.244 e. The second-order valence-corrected chi connectivity index (χ2v) is 8.08. The number of carbonyl (C=O) groups excluding carboxylic acids is 1. The van der Waals surface area contributed by atoms with E-state index in [-0.39, 0.29) is 22.4 Å². The highest BCUT2D eigenvalue weighted by molar-refractivity contribution is 7.89. The van der Waals surface area contributed by atoms with Crippen LogP contribution in [0.25, 0.3) is 0 Å². The number of benzene rings is 1. The maximum absolute atomic E-state index is 13.1. The normalized spacial score (nSPS) is 28.0. The van der Waals surface area contributed by atoms with Gasteiger partial charge in [-0.1, -0.05) is 18.9 Å². The van der Waals surface area contributed by atoms with Crippen LogP contribution in [0.5, 0.6) is 0 Å². The molecule has 6 nitrogen and oxygen atoms in total. The van der Waals surface area contributed by atoms with E-state index in [2.05, 4.69) is 0 Å². The van der Waals surface area contributed by atoms with Crippen LogP contribution >= 0.6 is 0 Å². The molecule has 1 saturated heterocycles. The number of hydrogen-bond donors (Lipinski definition) is 1. The van der Waals surface area contributed by atoms with Crippen molar-refractivity contribution in [2.45, 2.75) is 49.1 Å². The Morgan fingerprint density at radius 2 is 2.04 bits per heavy atom. The van der Waals surface area contributed by atoms with Crippen molar-refractivity contribution in [3.05, 3.63) is 29.8 Å². The van der Waals surface area contributed by atoms with Crippen LogP contribution < -0.4 is 5.73 Å². The summed E-state index contributed by atoms with van der Waals surface area (Å²) in [5.41, 5.74) is 5.75. The molecule has 0 spiro atoms. The number of amides is 1. The summed E-state index contributed by atoms with van der Waals surface area (Å²) in [6.45, 7) is 0. The molecule has 1 aliphatic heterocycles. The van der Waals surface area contributed by atoms with E-state index < -0.39 is 22.0 Å². The first-order chi connectivity index (χ1) is 10.9. The zero-order valence-corrected chi connectivity index (χ0v) is 13.5. The van der Waals surface area contributed by atoms with Gasteiger partial charge >= 0.3 is 0 Å². The van der Waals surface area contributed by atoms with E-state index in [9.17, 15) is 13.2 Å². The van der Waals surface area contributed by atoms with Gasteiger partial charge in [-0.05, 0) is 43.4 Å². The van der Waals surface area contributed by atoms with Gasteiger partial charge in [0.1, 0.15) is 6.04 Å². The van der Waals surface area contributed by atoms with Gasteiger partial charge in [-0.2, -0.15) is 9.57 Å². The largest absolute Gasteiger partial charge is 0.368 e. The van der Waals surface area contributed by atoms with Crippen LogP contribution in [0.2, 0.25) is 0 Å². The van der Waals surface area contributed by atoms with Crippen LogP contribution in [-0.4, -0.2) is 30.7 Å². The summed E-state index contributed by atoms with van der Waals surface area (Å²) in [5, 5.41) is 8.99. The van der Waals surface area contributed by atoms with Crippen LogP contribution in [0.4, 0.5) is 0 Å². The lowest BCUT2D eigenvalue weighted by Crippen LogP contribution is -2.48. The second kappa shape index (κ2) is 5.95. The Bertz CT molecular complexity index is 769.